The molecular formula is C9H25N. The van der Waals surface area contributed by atoms with Crippen LogP contribution in [-0.2, 0) is 0 Å². The smallest absolute Gasteiger partial charge is 0.0532 e. The highest BCUT2D eigenvalue weighted by Gasteiger charge is 2.02. The summed E-state index contributed by atoms with van der Waals surface area (Å²) in [6.45, 7) is 6.58. The van der Waals surface area contributed by atoms with Gasteiger partial charge in [0, 0.05) is 0 Å². The molecule has 1 aliphatic rings. The molecule has 0 atom stereocenters. The van der Waals surface area contributed by atoms with E-state index in [-0.39, 0.29) is 14.9 Å². The molecule has 0 spiro atoms. The third kappa shape index (κ3) is 7.96. The Morgan fingerprint density at radius 1 is 1.00 bits per heavy atom. The zero-order valence-electron chi connectivity index (χ0n) is 6.04. The summed E-state index contributed by atoms with van der Waals surface area (Å²) >= 11 is 0. The molecule has 1 fully saturated rings. The summed E-state index contributed by atoms with van der Waals surface area (Å²) in [5.41, 5.74) is 0. The molecule has 0 aromatic carbocycles. The molecule has 1 heterocycles. The fraction of sp³-hybridized carbons (Fsp3) is 0.889. The van der Waals surface area contributed by atoms with Gasteiger partial charge in [-0.3, -0.25) is 0 Å². The van der Waals surface area contributed by atoms with Crippen LogP contribution in [0.4, 0.5) is 0 Å². The van der Waals surface area contributed by atoms with Gasteiger partial charge in [-0.1, -0.05) is 28.7 Å². The predicted molar refractivity (Wildman–Crippen MR) is 50.1 cm³/mol. The normalized spacial score (nSPS) is 15.9. The summed E-state index contributed by atoms with van der Waals surface area (Å²) in [6.07, 6.45) is 2.78. The standard InChI is InChI=1S/C5H11N.C2H6.2CH4/c1-6-4-2-3-5-6;1-2;;/h6H,1-5H2;1-2H3;2*1H4. The molecule has 1 nitrogen and oxygen atoms in total. The van der Waals surface area contributed by atoms with E-state index in [1.807, 2.05) is 13.8 Å². The van der Waals surface area contributed by atoms with Gasteiger partial charge in [0.05, 0.1) is 13.1 Å². The first kappa shape index (κ1) is 16.5. The highest BCUT2D eigenvalue weighted by Crippen LogP contribution is 1.85. The van der Waals surface area contributed by atoms with Gasteiger partial charge in [0.25, 0.3) is 0 Å². The molecule has 1 N–H and O–H groups in total. The lowest BCUT2D eigenvalue weighted by Gasteiger charge is -2.09. The van der Waals surface area contributed by atoms with Gasteiger partial charge < -0.3 is 4.90 Å². The number of likely N-dealkylation sites (tertiary alicyclic amines) is 1. The first-order valence-corrected chi connectivity index (χ1v) is 3.56. The van der Waals surface area contributed by atoms with Gasteiger partial charge in [-0.15, -0.1) is 0 Å². The van der Waals surface area contributed by atoms with E-state index in [0.29, 0.717) is 0 Å². The SMILES string of the molecule is C.C.CC.[CH2-][NH+]1CCCC1. The number of rotatable bonds is 0. The van der Waals surface area contributed by atoms with Crippen LogP contribution in [0.2, 0.25) is 0 Å². The molecule has 0 radical (unpaired) electrons. The average Bonchev–Trinajstić information content (AvgIpc) is 2.24. The van der Waals surface area contributed by atoms with Gasteiger partial charge in [0.15, 0.2) is 0 Å². The van der Waals surface area contributed by atoms with E-state index in [0.717, 1.165) is 0 Å². The summed E-state index contributed by atoms with van der Waals surface area (Å²) in [5, 5.41) is 0. The van der Waals surface area contributed by atoms with E-state index in [4.69, 9.17) is 0 Å². The second kappa shape index (κ2) is 11.7. The predicted octanol–water partition coefficient (Wildman–Crippen LogP) is 1.76. The largest absolute Gasteiger partial charge is 0.468 e. The van der Waals surface area contributed by atoms with E-state index in [1.54, 1.807) is 0 Å². The van der Waals surface area contributed by atoms with Gasteiger partial charge in [0.2, 0.25) is 0 Å². The molecule has 0 saturated carbocycles. The third-order valence-electron chi connectivity index (χ3n) is 1.31. The van der Waals surface area contributed by atoms with Crippen molar-refractivity contribution < 1.29 is 4.90 Å². The summed E-state index contributed by atoms with van der Waals surface area (Å²) in [7, 11) is 3.85. The van der Waals surface area contributed by atoms with Crippen molar-refractivity contribution in [3.8, 4) is 0 Å². The van der Waals surface area contributed by atoms with Crippen LogP contribution in [0, 0.1) is 7.05 Å². The molecule has 0 amide bonds. The Bertz CT molecular complexity index is 38.0. The summed E-state index contributed by atoms with van der Waals surface area (Å²) in [4.78, 5) is 1.45. The highest BCUT2D eigenvalue weighted by molar-refractivity contribution is 4.42. The Hall–Kier alpha value is -0.0400. The van der Waals surface area contributed by atoms with E-state index in [2.05, 4.69) is 7.05 Å². The molecule has 0 aromatic rings. The van der Waals surface area contributed by atoms with Crippen molar-refractivity contribution in [2.75, 3.05) is 13.1 Å². The quantitative estimate of drug-likeness (QED) is 0.498. The maximum Gasteiger partial charge on any atom is 0.0532 e. The number of hydrogen-bond donors (Lipinski definition) is 1. The van der Waals surface area contributed by atoms with Crippen LogP contribution in [0.15, 0.2) is 0 Å². The van der Waals surface area contributed by atoms with Crippen molar-refractivity contribution in [3.05, 3.63) is 7.05 Å². The minimum absolute atomic E-state index is 0. The molecule has 1 aliphatic heterocycles. The Balaban J connectivity index is -0.000000114. The third-order valence-corrected chi connectivity index (χ3v) is 1.31. The van der Waals surface area contributed by atoms with E-state index < -0.39 is 0 Å². The zero-order chi connectivity index (χ0) is 6.41. The molecule has 0 bridgehead atoms. The minimum atomic E-state index is 0. The maximum absolute atomic E-state index is 3.85. The van der Waals surface area contributed by atoms with Crippen molar-refractivity contribution in [3.63, 3.8) is 0 Å². The Morgan fingerprint density at radius 2 is 1.30 bits per heavy atom. The number of nitrogens with one attached hydrogen (secondary N) is 1. The Kier molecular flexibility index (Phi) is 19.3. The number of quaternary nitrogens is 1. The van der Waals surface area contributed by atoms with Crippen LogP contribution >= 0.6 is 0 Å². The monoisotopic (exact) mass is 147 g/mol. The lowest BCUT2D eigenvalue weighted by Crippen LogP contribution is -3.04. The van der Waals surface area contributed by atoms with Crippen molar-refractivity contribution in [1.29, 1.82) is 0 Å². The highest BCUT2D eigenvalue weighted by atomic mass is 15.1. The van der Waals surface area contributed by atoms with Gasteiger partial charge >= 0.3 is 0 Å². The second-order valence-electron chi connectivity index (χ2n) is 1.96. The van der Waals surface area contributed by atoms with Crippen LogP contribution in [-0.4, -0.2) is 13.1 Å². The molecule has 10 heavy (non-hydrogen) atoms. The van der Waals surface area contributed by atoms with Crippen molar-refractivity contribution in [2.24, 2.45) is 0 Å². The fourth-order valence-electron chi connectivity index (χ4n) is 0.875. The zero-order valence-corrected chi connectivity index (χ0v) is 6.04. The topological polar surface area (TPSA) is 4.44 Å². The van der Waals surface area contributed by atoms with E-state index in [9.17, 15) is 0 Å². The van der Waals surface area contributed by atoms with Gasteiger partial charge in [0.1, 0.15) is 0 Å². The van der Waals surface area contributed by atoms with Crippen LogP contribution in [0.3, 0.4) is 0 Å². The van der Waals surface area contributed by atoms with Crippen molar-refractivity contribution >= 4 is 0 Å². The fourth-order valence-corrected chi connectivity index (χ4v) is 0.875. The van der Waals surface area contributed by atoms with Gasteiger partial charge in [-0.2, -0.15) is 7.05 Å². The van der Waals surface area contributed by atoms with Gasteiger partial charge in [-0.25, -0.2) is 0 Å². The molecule has 1 heteroatoms. The lowest BCUT2D eigenvalue weighted by atomic mass is 10.4. The maximum atomic E-state index is 3.85. The summed E-state index contributed by atoms with van der Waals surface area (Å²) in [5.74, 6) is 0. The average molecular weight is 147 g/mol. The first-order chi connectivity index (χ1) is 3.89. The van der Waals surface area contributed by atoms with E-state index >= 15 is 0 Å². The van der Waals surface area contributed by atoms with Crippen LogP contribution < -0.4 is 4.90 Å². The summed E-state index contributed by atoms with van der Waals surface area (Å²) in [6, 6.07) is 0. The summed E-state index contributed by atoms with van der Waals surface area (Å²) < 4.78 is 0. The van der Waals surface area contributed by atoms with E-state index in [1.165, 1.54) is 30.8 Å². The molecule has 0 aliphatic carbocycles. The first-order valence-electron chi connectivity index (χ1n) is 3.56. The van der Waals surface area contributed by atoms with Crippen LogP contribution in [0.5, 0.6) is 0 Å². The Morgan fingerprint density at radius 3 is 1.40 bits per heavy atom. The van der Waals surface area contributed by atoms with Gasteiger partial charge in [-0.05, 0) is 12.8 Å². The molecular weight excluding hydrogens is 122 g/mol. The van der Waals surface area contributed by atoms with Crippen LogP contribution in [0.1, 0.15) is 41.5 Å². The van der Waals surface area contributed by atoms with Crippen LogP contribution in [0.25, 0.3) is 0 Å². The second-order valence-corrected chi connectivity index (χ2v) is 1.96. The van der Waals surface area contributed by atoms with Crippen molar-refractivity contribution in [1.82, 2.24) is 0 Å². The number of hydrogen-bond acceptors (Lipinski definition) is 0. The molecule has 1 saturated heterocycles. The molecule has 0 unspecified atom stereocenters. The molecule has 66 valence electrons. The molecule has 1 rings (SSSR count). The Labute approximate surface area is 67.4 Å². The van der Waals surface area contributed by atoms with Crippen molar-refractivity contribution in [2.45, 2.75) is 41.5 Å². The minimum Gasteiger partial charge on any atom is -0.468 e. The lowest BCUT2D eigenvalue weighted by molar-refractivity contribution is -0.839. The molecule has 0 aromatic heterocycles.